The van der Waals surface area contributed by atoms with Crippen molar-refractivity contribution in [1.29, 1.82) is 0 Å². The van der Waals surface area contributed by atoms with Gasteiger partial charge in [-0.05, 0) is 60.9 Å². The summed E-state index contributed by atoms with van der Waals surface area (Å²) in [6.07, 6.45) is 9.28. The van der Waals surface area contributed by atoms with Gasteiger partial charge in [0.25, 0.3) is 5.91 Å². The van der Waals surface area contributed by atoms with Gasteiger partial charge in [0.05, 0.1) is 0 Å². The zero-order valence-corrected chi connectivity index (χ0v) is 18.0. The lowest BCUT2D eigenvalue weighted by molar-refractivity contribution is -0.124. The van der Waals surface area contributed by atoms with Gasteiger partial charge in [-0.1, -0.05) is 18.2 Å². The van der Waals surface area contributed by atoms with Crippen LogP contribution in [0.3, 0.4) is 0 Å². The molecular formula is C24H29N3O4. The number of rotatable bonds is 7. The zero-order valence-electron chi connectivity index (χ0n) is 18.0. The number of benzene rings is 1. The van der Waals surface area contributed by atoms with Gasteiger partial charge in [-0.15, -0.1) is 0 Å². The number of fused-ring (bicyclic) bond motifs is 2. The van der Waals surface area contributed by atoms with E-state index in [1.165, 1.54) is 11.9 Å². The monoisotopic (exact) mass is 423 g/mol. The SMILES string of the molecule is CNC(=O)C(CCC=O)N1C=C/C=C(/C2CCN(C=O)CC2)c2cccc(c2C)C1=O. The second-order valence-corrected chi connectivity index (χ2v) is 7.94. The maximum absolute atomic E-state index is 13.5. The van der Waals surface area contributed by atoms with Gasteiger partial charge in [0.1, 0.15) is 12.3 Å². The predicted octanol–water partition coefficient (Wildman–Crippen LogP) is 2.31. The van der Waals surface area contributed by atoms with E-state index in [4.69, 9.17) is 0 Å². The highest BCUT2D eigenvalue weighted by Gasteiger charge is 2.31. The molecule has 1 aromatic rings. The summed E-state index contributed by atoms with van der Waals surface area (Å²) in [6, 6.07) is 4.90. The molecule has 2 aliphatic rings. The normalized spacial score (nSPS) is 19.5. The van der Waals surface area contributed by atoms with Gasteiger partial charge in [-0.25, -0.2) is 0 Å². The largest absolute Gasteiger partial charge is 0.357 e. The van der Waals surface area contributed by atoms with Gasteiger partial charge in [-0.3, -0.25) is 14.4 Å². The van der Waals surface area contributed by atoms with Crippen LogP contribution in [0.25, 0.3) is 5.57 Å². The Hall–Kier alpha value is -3.22. The van der Waals surface area contributed by atoms with Gasteiger partial charge in [0, 0.05) is 38.3 Å². The van der Waals surface area contributed by atoms with Crippen molar-refractivity contribution in [2.24, 2.45) is 5.92 Å². The summed E-state index contributed by atoms with van der Waals surface area (Å²) in [4.78, 5) is 51.2. The molecule has 2 bridgehead atoms. The number of likely N-dealkylation sites (tertiary alicyclic amines) is 1. The van der Waals surface area contributed by atoms with E-state index >= 15 is 0 Å². The number of aldehydes is 1. The number of amides is 3. The molecule has 2 heterocycles. The minimum atomic E-state index is -0.771. The third-order valence-corrected chi connectivity index (χ3v) is 6.19. The molecule has 0 spiro atoms. The van der Waals surface area contributed by atoms with Crippen LogP contribution < -0.4 is 5.32 Å². The summed E-state index contributed by atoms with van der Waals surface area (Å²) in [6.45, 7) is 3.35. The van der Waals surface area contributed by atoms with Crippen molar-refractivity contribution in [1.82, 2.24) is 15.1 Å². The molecule has 1 atom stereocenters. The maximum Gasteiger partial charge on any atom is 0.258 e. The molecule has 1 N–H and O–H groups in total. The van der Waals surface area contributed by atoms with E-state index < -0.39 is 6.04 Å². The third kappa shape index (κ3) is 4.76. The molecule has 0 aliphatic carbocycles. The first-order valence-corrected chi connectivity index (χ1v) is 10.7. The number of hydrogen-bond donors (Lipinski definition) is 1. The van der Waals surface area contributed by atoms with Crippen LogP contribution in [0, 0.1) is 12.8 Å². The highest BCUT2D eigenvalue weighted by atomic mass is 16.2. The topological polar surface area (TPSA) is 86.8 Å². The number of carbonyl (C=O) groups excluding carboxylic acids is 4. The van der Waals surface area contributed by atoms with Crippen LogP contribution in [-0.2, 0) is 14.4 Å². The molecule has 1 fully saturated rings. The molecule has 164 valence electrons. The van der Waals surface area contributed by atoms with E-state index in [9.17, 15) is 19.2 Å². The quantitative estimate of drug-likeness (QED) is 0.682. The van der Waals surface area contributed by atoms with E-state index in [0.717, 1.165) is 42.2 Å². The highest BCUT2D eigenvalue weighted by Crippen LogP contribution is 2.35. The fraction of sp³-hybridized carbons (Fsp3) is 0.417. The summed E-state index contributed by atoms with van der Waals surface area (Å²) in [7, 11) is 1.52. The molecule has 1 unspecified atom stereocenters. The molecule has 31 heavy (non-hydrogen) atoms. The van der Waals surface area contributed by atoms with E-state index in [1.54, 1.807) is 17.2 Å². The van der Waals surface area contributed by atoms with Crippen molar-refractivity contribution in [3.05, 3.63) is 53.2 Å². The molecule has 7 heteroatoms. The Morgan fingerprint density at radius 3 is 2.58 bits per heavy atom. The first-order chi connectivity index (χ1) is 15.0. The Bertz CT molecular complexity index is 913. The Morgan fingerprint density at radius 1 is 1.23 bits per heavy atom. The first-order valence-electron chi connectivity index (χ1n) is 10.7. The highest BCUT2D eigenvalue weighted by molar-refractivity contribution is 6.00. The fourth-order valence-corrected chi connectivity index (χ4v) is 4.42. The Kier molecular flexibility index (Phi) is 7.39. The van der Waals surface area contributed by atoms with E-state index in [2.05, 4.69) is 5.32 Å². The number of likely N-dealkylation sites (N-methyl/N-ethyl adjacent to an activating group) is 1. The van der Waals surface area contributed by atoms with E-state index in [1.807, 2.05) is 31.2 Å². The van der Waals surface area contributed by atoms with E-state index in [-0.39, 0.29) is 30.6 Å². The van der Waals surface area contributed by atoms with Crippen LogP contribution in [0.4, 0.5) is 0 Å². The molecule has 0 aromatic heterocycles. The van der Waals surface area contributed by atoms with Crippen molar-refractivity contribution >= 4 is 30.1 Å². The lowest BCUT2D eigenvalue weighted by Crippen LogP contribution is -2.46. The van der Waals surface area contributed by atoms with Crippen LogP contribution in [-0.4, -0.2) is 60.5 Å². The Morgan fingerprint density at radius 2 is 1.94 bits per heavy atom. The lowest BCUT2D eigenvalue weighted by Gasteiger charge is -2.31. The number of nitrogens with one attached hydrogen (secondary N) is 1. The molecule has 3 amide bonds. The number of allylic oxidation sites excluding steroid dienone is 3. The first kappa shape index (κ1) is 22.5. The average molecular weight is 424 g/mol. The molecule has 1 aromatic carbocycles. The number of piperidine rings is 1. The third-order valence-electron chi connectivity index (χ3n) is 6.19. The van der Waals surface area contributed by atoms with Crippen LogP contribution in [0.2, 0.25) is 0 Å². The van der Waals surface area contributed by atoms with Crippen molar-refractivity contribution < 1.29 is 19.2 Å². The van der Waals surface area contributed by atoms with Crippen LogP contribution in [0.1, 0.15) is 47.2 Å². The molecule has 0 saturated carbocycles. The molecule has 7 nitrogen and oxygen atoms in total. The van der Waals surface area contributed by atoms with Crippen molar-refractivity contribution in [3.8, 4) is 0 Å². The van der Waals surface area contributed by atoms with Crippen LogP contribution in [0.15, 0.2) is 36.6 Å². The Balaban J connectivity index is 2.03. The summed E-state index contributed by atoms with van der Waals surface area (Å²) < 4.78 is 0. The summed E-state index contributed by atoms with van der Waals surface area (Å²) in [5.74, 6) is -0.292. The second-order valence-electron chi connectivity index (χ2n) is 7.94. The van der Waals surface area contributed by atoms with Crippen LogP contribution >= 0.6 is 0 Å². The summed E-state index contributed by atoms with van der Waals surface area (Å²) in [5.41, 5.74) is 3.57. The minimum Gasteiger partial charge on any atom is -0.357 e. The molecule has 2 aliphatic heterocycles. The van der Waals surface area contributed by atoms with Crippen LogP contribution in [0.5, 0.6) is 0 Å². The predicted molar refractivity (Wildman–Crippen MR) is 118 cm³/mol. The summed E-state index contributed by atoms with van der Waals surface area (Å²) >= 11 is 0. The fourth-order valence-electron chi connectivity index (χ4n) is 4.42. The van der Waals surface area contributed by atoms with Crippen molar-refractivity contribution in [2.75, 3.05) is 20.1 Å². The molecular weight excluding hydrogens is 394 g/mol. The number of carbonyl (C=O) groups is 4. The number of nitrogens with zero attached hydrogens (tertiary/aromatic N) is 2. The van der Waals surface area contributed by atoms with Gasteiger partial charge >= 0.3 is 0 Å². The van der Waals surface area contributed by atoms with Gasteiger partial charge < -0.3 is 19.9 Å². The Labute approximate surface area is 182 Å². The van der Waals surface area contributed by atoms with E-state index in [0.29, 0.717) is 18.7 Å². The number of hydrogen-bond acceptors (Lipinski definition) is 4. The smallest absolute Gasteiger partial charge is 0.258 e. The molecule has 1 saturated heterocycles. The lowest BCUT2D eigenvalue weighted by atomic mass is 9.82. The average Bonchev–Trinajstić information content (AvgIpc) is 2.82. The molecule has 3 rings (SSSR count). The zero-order chi connectivity index (χ0) is 22.4. The maximum atomic E-state index is 13.5. The van der Waals surface area contributed by atoms with Crippen molar-refractivity contribution in [2.45, 2.75) is 38.6 Å². The minimum absolute atomic E-state index is 0.186. The second kappa shape index (κ2) is 10.2. The standard InChI is InChI=1S/C24H29N3O4/c1-17-19-6-3-7-20(17)24(31)27(22(9-5-15-28)23(30)25-2)12-4-8-21(19)18-10-13-26(16-29)14-11-18/h3-4,6-8,12,15-16,18,22H,5,9-11,13-14H2,1-2H3,(H,25,30)/b12-4?,21-8-. The van der Waals surface area contributed by atoms with Gasteiger partial charge in [0.2, 0.25) is 12.3 Å². The van der Waals surface area contributed by atoms with Crippen molar-refractivity contribution in [3.63, 3.8) is 0 Å². The van der Waals surface area contributed by atoms with Gasteiger partial charge in [-0.2, -0.15) is 0 Å². The van der Waals surface area contributed by atoms with Gasteiger partial charge in [0.15, 0.2) is 0 Å². The summed E-state index contributed by atoms with van der Waals surface area (Å²) in [5, 5.41) is 2.60. The molecule has 0 radical (unpaired) electrons.